The summed E-state index contributed by atoms with van der Waals surface area (Å²) in [4.78, 5) is 31.7. The Hall–Kier alpha value is -4.13. The van der Waals surface area contributed by atoms with Gasteiger partial charge in [0.25, 0.3) is 11.5 Å². The molecule has 1 aliphatic heterocycles. The Morgan fingerprint density at radius 1 is 1.19 bits per heavy atom. The number of halogens is 3. The summed E-state index contributed by atoms with van der Waals surface area (Å²) in [5.74, 6) is -2.00. The van der Waals surface area contributed by atoms with Gasteiger partial charge in [-0.1, -0.05) is 44.2 Å². The predicted octanol–water partition coefficient (Wildman–Crippen LogP) is 4.78. The highest BCUT2D eigenvalue weighted by molar-refractivity contribution is 6.03. The van der Waals surface area contributed by atoms with Gasteiger partial charge < -0.3 is 15.6 Å². The molecule has 1 aliphatic carbocycles. The molecular weight excluding hydrogens is 483 g/mol. The van der Waals surface area contributed by atoms with Crippen LogP contribution < -0.4 is 16.2 Å². The number of nitriles is 1. The highest BCUT2D eigenvalue weighted by atomic mass is 19.4. The predicted molar refractivity (Wildman–Crippen MR) is 135 cm³/mol. The van der Waals surface area contributed by atoms with Crippen molar-refractivity contribution in [3.63, 3.8) is 0 Å². The second-order valence-corrected chi connectivity index (χ2v) is 9.28. The molecule has 2 aromatic rings. The number of aromatic amines is 1. The second kappa shape index (κ2) is 10.5. The van der Waals surface area contributed by atoms with E-state index in [0.29, 0.717) is 16.8 Å². The van der Waals surface area contributed by atoms with Crippen molar-refractivity contribution in [2.24, 2.45) is 16.8 Å². The first kappa shape index (κ1) is 25.9. The van der Waals surface area contributed by atoms with Crippen molar-refractivity contribution in [1.29, 1.82) is 5.26 Å². The van der Waals surface area contributed by atoms with E-state index in [-0.39, 0.29) is 30.3 Å². The number of nitrogens with one attached hydrogen (secondary N) is 3. The molecule has 3 atom stereocenters. The first-order valence-corrected chi connectivity index (χ1v) is 11.9. The molecule has 0 spiro atoms. The van der Waals surface area contributed by atoms with E-state index in [2.05, 4.69) is 20.6 Å². The average molecular weight is 510 g/mol. The van der Waals surface area contributed by atoms with Crippen LogP contribution in [0.1, 0.15) is 47.7 Å². The van der Waals surface area contributed by atoms with Crippen molar-refractivity contribution in [3.05, 3.63) is 81.8 Å². The van der Waals surface area contributed by atoms with Crippen LogP contribution >= 0.6 is 0 Å². The minimum absolute atomic E-state index is 0.162. The Balaban J connectivity index is 1.69. The van der Waals surface area contributed by atoms with Gasteiger partial charge >= 0.3 is 6.18 Å². The number of fused-ring (bicyclic) bond motifs is 3. The third-order valence-electron chi connectivity index (χ3n) is 6.39. The van der Waals surface area contributed by atoms with Crippen LogP contribution in [-0.2, 0) is 0 Å². The van der Waals surface area contributed by atoms with Crippen LogP contribution in [0, 0.1) is 23.2 Å². The minimum atomic E-state index is -4.51. The molecule has 37 heavy (non-hydrogen) atoms. The summed E-state index contributed by atoms with van der Waals surface area (Å²) in [6.45, 7) is 3.21. The van der Waals surface area contributed by atoms with Gasteiger partial charge in [0.15, 0.2) is 0 Å². The zero-order valence-corrected chi connectivity index (χ0v) is 20.3. The number of aliphatic imine (C=N–C) groups is 1. The average Bonchev–Trinajstić information content (AvgIpc) is 2.86. The summed E-state index contributed by atoms with van der Waals surface area (Å²) < 4.78 is 41.1. The van der Waals surface area contributed by atoms with Gasteiger partial charge in [-0.05, 0) is 35.3 Å². The number of nitrogens with zero attached hydrogens (tertiary/aromatic N) is 2. The third kappa shape index (κ3) is 5.50. The van der Waals surface area contributed by atoms with Crippen molar-refractivity contribution in [2.75, 3.05) is 11.9 Å². The highest BCUT2D eigenvalue weighted by Crippen LogP contribution is 2.42. The van der Waals surface area contributed by atoms with E-state index in [4.69, 9.17) is 5.26 Å². The number of pyridine rings is 1. The largest absolute Gasteiger partial charge is 0.411 e. The normalized spacial score (nSPS) is 20.4. The highest BCUT2D eigenvalue weighted by Gasteiger charge is 2.44. The van der Waals surface area contributed by atoms with Crippen molar-refractivity contribution in [2.45, 2.75) is 38.4 Å². The van der Waals surface area contributed by atoms with Gasteiger partial charge in [0.2, 0.25) is 0 Å². The quantitative estimate of drug-likeness (QED) is 0.487. The Morgan fingerprint density at radius 2 is 1.92 bits per heavy atom. The van der Waals surface area contributed by atoms with Crippen LogP contribution in [0.25, 0.3) is 5.57 Å². The molecule has 1 amide bonds. The lowest BCUT2D eigenvalue weighted by Crippen LogP contribution is -2.40. The first-order valence-electron chi connectivity index (χ1n) is 11.9. The second-order valence-electron chi connectivity index (χ2n) is 9.28. The van der Waals surface area contributed by atoms with Gasteiger partial charge in [-0.2, -0.15) is 18.4 Å². The standard InChI is InChI=1S/C27H26F3N5O2/c1-15(2)23(27(28,29)30)35-24-19-9-8-18(14-20(19)22-21(34-24)10-13-33-26(22)37)16-4-6-17(7-5-16)25(36)32-12-3-11-31/h4-10,13-15,19-20,23H,3,12H2,1-2H3,(H,32,36)(H,33,37)(H,34,35)/t19?,20?,23-/m1/s1. The number of allylic oxidation sites excluding steroid dienone is 3. The third-order valence-corrected chi connectivity index (χ3v) is 6.39. The number of aromatic nitrogens is 1. The molecule has 0 saturated heterocycles. The molecule has 192 valence electrons. The molecule has 0 saturated carbocycles. The molecule has 4 rings (SSSR count). The van der Waals surface area contributed by atoms with Crippen LogP contribution in [0.4, 0.5) is 18.9 Å². The summed E-state index contributed by atoms with van der Waals surface area (Å²) in [6.07, 6.45) is 2.56. The smallest absolute Gasteiger partial charge is 0.351 e. The maximum absolute atomic E-state index is 13.7. The molecule has 2 aliphatic rings. The maximum Gasteiger partial charge on any atom is 0.411 e. The lowest BCUT2D eigenvalue weighted by atomic mass is 9.76. The number of alkyl halides is 3. The molecule has 1 aromatic heterocycles. The van der Waals surface area contributed by atoms with E-state index in [1.54, 1.807) is 42.5 Å². The fourth-order valence-electron chi connectivity index (χ4n) is 4.56. The van der Waals surface area contributed by atoms with Gasteiger partial charge in [-0.15, -0.1) is 0 Å². The molecule has 10 heteroatoms. The van der Waals surface area contributed by atoms with Gasteiger partial charge in [0.1, 0.15) is 11.9 Å². The van der Waals surface area contributed by atoms with E-state index >= 15 is 0 Å². The fraction of sp³-hybridized carbons (Fsp3) is 0.333. The summed E-state index contributed by atoms with van der Waals surface area (Å²) in [7, 11) is 0. The van der Waals surface area contributed by atoms with E-state index in [1.807, 2.05) is 12.1 Å². The summed E-state index contributed by atoms with van der Waals surface area (Å²) in [5, 5.41) is 14.3. The SMILES string of the molecule is CC(C)[C@@H](N=C1Nc2cc[nH]c(=O)c2C2C=C(c3ccc(C(=O)NCCC#N)cc3)C=CC12)C(F)(F)F. The van der Waals surface area contributed by atoms with E-state index < -0.39 is 30.0 Å². The van der Waals surface area contributed by atoms with Crippen molar-refractivity contribution >= 4 is 23.0 Å². The lowest BCUT2D eigenvalue weighted by Gasteiger charge is -2.35. The van der Waals surface area contributed by atoms with Crippen LogP contribution in [0.5, 0.6) is 0 Å². The number of rotatable bonds is 6. The van der Waals surface area contributed by atoms with E-state index in [1.165, 1.54) is 20.0 Å². The van der Waals surface area contributed by atoms with Gasteiger partial charge in [-0.25, -0.2) is 0 Å². The van der Waals surface area contributed by atoms with Crippen LogP contribution in [0.3, 0.4) is 0 Å². The Bertz CT molecular complexity index is 1360. The monoisotopic (exact) mass is 509 g/mol. The molecule has 2 unspecified atom stereocenters. The van der Waals surface area contributed by atoms with Crippen LogP contribution in [0.15, 0.2) is 64.5 Å². The Labute approximate surface area is 211 Å². The van der Waals surface area contributed by atoms with E-state index in [0.717, 1.165) is 11.1 Å². The molecule has 0 radical (unpaired) electrons. The number of benzene rings is 1. The zero-order valence-electron chi connectivity index (χ0n) is 20.3. The maximum atomic E-state index is 13.7. The number of amidine groups is 1. The van der Waals surface area contributed by atoms with Gasteiger partial charge in [-0.3, -0.25) is 14.6 Å². The zero-order chi connectivity index (χ0) is 26.7. The molecule has 2 heterocycles. The molecular formula is C27H26F3N5O2. The Kier molecular flexibility index (Phi) is 7.34. The molecule has 7 nitrogen and oxygen atoms in total. The molecule has 0 fully saturated rings. The lowest BCUT2D eigenvalue weighted by molar-refractivity contribution is -0.155. The number of amides is 1. The first-order chi connectivity index (χ1) is 17.6. The number of hydrogen-bond donors (Lipinski definition) is 3. The van der Waals surface area contributed by atoms with Crippen molar-refractivity contribution < 1.29 is 18.0 Å². The van der Waals surface area contributed by atoms with Crippen molar-refractivity contribution in [1.82, 2.24) is 10.3 Å². The fourth-order valence-corrected chi connectivity index (χ4v) is 4.56. The van der Waals surface area contributed by atoms with Crippen molar-refractivity contribution in [3.8, 4) is 6.07 Å². The summed E-state index contributed by atoms with van der Waals surface area (Å²) in [6, 6.07) is 8.54. The molecule has 0 bridgehead atoms. The number of anilines is 1. The number of H-pyrrole nitrogens is 1. The molecule has 1 aromatic carbocycles. The Morgan fingerprint density at radius 3 is 2.57 bits per heavy atom. The van der Waals surface area contributed by atoms with Gasteiger partial charge in [0, 0.05) is 35.7 Å². The number of carbonyl (C=O) groups excluding carboxylic acids is 1. The van der Waals surface area contributed by atoms with Crippen LogP contribution in [0.2, 0.25) is 0 Å². The summed E-state index contributed by atoms with van der Waals surface area (Å²) in [5.41, 5.74) is 2.50. The van der Waals surface area contributed by atoms with Gasteiger partial charge in [0.05, 0.1) is 18.2 Å². The molecule has 3 N–H and O–H groups in total. The topological polar surface area (TPSA) is 110 Å². The number of carbonyl (C=O) groups is 1. The summed E-state index contributed by atoms with van der Waals surface area (Å²) >= 11 is 0. The minimum Gasteiger partial charge on any atom is -0.351 e. The van der Waals surface area contributed by atoms with E-state index in [9.17, 15) is 22.8 Å². The number of hydrogen-bond acceptors (Lipinski definition) is 4. The van der Waals surface area contributed by atoms with Crippen LogP contribution in [-0.4, -0.2) is 35.5 Å².